The van der Waals surface area contributed by atoms with Crippen LogP contribution in [0.3, 0.4) is 0 Å². The molecule has 0 radical (unpaired) electrons. The van der Waals surface area contributed by atoms with Gasteiger partial charge < -0.3 is 10.4 Å². The van der Waals surface area contributed by atoms with E-state index in [0.29, 0.717) is 12.6 Å². The van der Waals surface area contributed by atoms with Crippen LogP contribution < -0.4 is 5.32 Å². The van der Waals surface area contributed by atoms with Gasteiger partial charge >= 0.3 is 0 Å². The minimum atomic E-state index is 0.0482. The van der Waals surface area contributed by atoms with E-state index >= 15 is 0 Å². The van der Waals surface area contributed by atoms with Crippen LogP contribution >= 0.6 is 11.8 Å². The summed E-state index contributed by atoms with van der Waals surface area (Å²) in [7, 11) is 0. The lowest BCUT2D eigenvalue weighted by Gasteiger charge is -2.40. The highest BCUT2D eigenvalue weighted by atomic mass is 32.2. The maximum Gasteiger partial charge on any atom is 0.0613 e. The van der Waals surface area contributed by atoms with E-state index in [1.807, 2.05) is 0 Å². The molecule has 0 aromatic carbocycles. The fourth-order valence-electron chi connectivity index (χ4n) is 2.85. The van der Waals surface area contributed by atoms with Gasteiger partial charge in [0.1, 0.15) is 0 Å². The average Bonchev–Trinajstić information content (AvgIpc) is 3.20. The highest BCUT2D eigenvalue weighted by Gasteiger charge is 2.39. The standard InChI is InChI=1S/C15H29NOS/c1-3-12(2)10-18-14-5-4-8-15(9-14,11-17)16-13-6-7-13/h12-14,16-17H,3-11H2,1-2H3. The van der Waals surface area contributed by atoms with Gasteiger partial charge in [-0.25, -0.2) is 0 Å². The second-order valence-corrected chi connectivity index (χ2v) is 7.76. The lowest BCUT2D eigenvalue weighted by molar-refractivity contribution is 0.122. The van der Waals surface area contributed by atoms with Crippen molar-refractivity contribution in [1.29, 1.82) is 0 Å². The molecule has 0 bridgehead atoms. The van der Waals surface area contributed by atoms with E-state index in [-0.39, 0.29) is 5.54 Å². The number of nitrogens with one attached hydrogen (secondary N) is 1. The minimum Gasteiger partial charge on any atom is -0.394 e. The third kappa shape index (κ3) is 4.14. The van der Waals surface area contributed by atoms with E-state index < -0.39 is 0 Å². The van der Waals surface area contributed by atoms with Crippen LogP contribution in [-0.4, -0.2) is 34.3 Å². The Hall–Kier alpha value is 0.270. The van der Waals surface area contributed by atoms with E-state index in [9.17, 15) is 5.11 Å². The van der Waals surface area contributed by atoms with Gasteiger partial charge in [0.15, 0.2) is 0 Å². The van der Waals surface area contributed by atoms with Crippen LogP contribution in [0, 0.1) is 5.92 Å². The molecule has 3 heteroatoms. The maximum absolute atomic E-state index is 9.79. The molecular weight excluding hydrogens is 242 g/mol. The van der Waals surface area contributed by atoms with E-state index in [2.05, 4.69) is 30.9 Å². The van der Waals surface area contributed by atoms with E-state index in [1.165, 1.54) is 50.7 Å². The monoisotopic (exact) mass is 271 g/mol. The molecule has 0 spiro atoms. The van der Waals surface area contributed by atoms with Crippen LogP contribution in [-0.2, 0) is 0 Å². The lowest BCUT2D eigenvalue weighted by Crippen LogP contribution is -2.53. The van der Waals surface area contributed by atoms with Crippen molar-refractivity contribution in [3.63, 3.8) is 0 Å². The summed E-state index contributed by atoms with van der Waals surface area (Å²) in [5, 5.41) is 14.3. The Balaban J connectivity index is 1.81. The first-order valence-corrected chi connectivity index (χ1v) is 8.72. The number of hydrogen-bond donors (Lipinski definition) is 2. The van der Waals surface area contributed by atoms with Crippen molar-refractivity contribution >= 4 is 11.8 Å². The molecule has 2 aliphatic rings. The Kier molecular flexibility index (Phi) is 5.40. The highest BCUT2D eigenvalue weighted by molar-refractivity contribution is 7.99. The van der Waals surface area contributed by atoms with E-state index in [0.717, 1.165) is 11.2 Å². The zero-order valence-corrected chi connectivity index (χ0v) is 12.8. The van der Waals surface area contributed by atoms with Gasteiger partial charge in [-0.1, -0.05) is 26.7 Å². The van der Waals surface area contributed by atoms with Crippen molar-refractivity contribution in [2.45, 2.75) is 75.6 Å². The summed E-state index contributed by atoms with van der Waals surface area (Å²) in [6, 6.07) is 0.704. The molecule has 106 valence electrons. The van der Waals surface area contributed by atoms with Crippen LogP contribution in [0.15, 0.2) is 0 Å². The van der Waals surface area contributed by atoms with Gasteiger partial charge in [0.25, 0.3) is 0 Å². The van der Waals surface area contributed by atoms with Crippen molar-refractivity contribution in [3.05, 3.63) is 0 Å². The molecule has 2 rings (SSSR count). The smallest absolute Gasteiger partial charge is 0.0613 e. The van der Waals surface area contributed by atoms with Gasteiger partial charge in [-0.2, -0.15) is 11.8 Å². The van der Waals surface area contributed by atoms with Gasteiger partial charge in [0.05, 0.1) is 6.61 Å². The average molecular weight is 271 g/mol. The molecule has 0 heterocycles. The van der Waals surface area contributed by atoms with Gasteiger partial charge in [-0.15, -0.1) is 0 Å². The molecule has 3 unspecified atom stereocenters. The van der Waals surface area contributed by atoms with Crippen molar-refractivity contribution in [3.8, 4) is 0 Å². The molecule has 0 aromatic heterocycles. The number of aliphatic hydroxyl groups is 1. The molecule has 2 aliphatic carbocycles. The van der Waals surface area contributed by atoms with Crippen LogP contribution in [0.4, 0.5) is 0 Å². The minimum absolute atomic E-state index is 0.0482. The quantitative estimate of drug-likeness (QED) is 0.746. The van der Waals surface area contributed by atoms with Crippen LogP contribution in [0.25, 0.3) is 0 Å². The van der Waals surface area contributed by atoms with Crippen molar-refractivity contribution in [2.24, 2.45) is 5.92 Å². The summed E-state index contributed by atoms with van der Waals surface area (Å²) in [4.78, 5) is 0. The zero-order valence-electron chi connectivity index (χ0n) is 12.0. The van der Waals surface area contributed by atoms with Crippen molar-refractivity contribution in [2.75, 3.05) is 12.4 Å². The van der Waals surface area contributed by atoms with Crippen molar-refractivity contribution < 1.29 is 5.11 Å². The maximum atomic E-state index is 9.79. The molecule has 0 saturated heterocycles. The van der Waals surface area contributed by atoms with Gasteiger partial charge in [0, 0.05) is 16.8 Å². The fourth-order valence-corrected chi connectivity index (χ4v) is 4.46. The van der Waals surface area contributed by atoms with Crippen LogP contribution in [0.1, 0.15) is 58.8 Å². The Morgan fingerprint density at radius 2 is 2.17 bits per heavy atom. The molecule has 0 aliphatic heterocycles. The molecule has 0 amide bonds. The van der Waals surface area contributed by atoms with Gasteiger partial charge in [-0.3, -0.25) is 0 Å². The van der Waals surface area contributed by atoms with Crippen LogP contribution in [0.2, 0.25) is 0 Å². The molecule has 2 N–H and O–H groups in total. The van der Waals surface area contributed by atoms with E-state index in [4.69, 9.17) is 0 Å². The first kappa shape index (κ1) is 14.7. The Bertz CT molecular complexity index is 257. The number of thioether (sulfide) groups is 1. The lowest BCUT2D eigenvalue weighted by atomic mass is 9.82. The second-order valence-electron chi connectivity index (χ2n) is 6.42. The highest BCUT2D eigenvalue weighted by Crippen LogP contribution is 2.37. The Morgan fingerprint density at radius 1 is 1.39 bits per heavy atom. The SMILES string of the molecule is CCC(C)CSC1CCCC(CO)(NC2CC2)C1. The number of hydrogen-bond acceptors (Lipinski definition) is 3. The topological polar surface area (TPSA) is 32.3 Å². The molecule has 0 aromatic rings. The van der Waals surface area contributed by atoms with Gasteiger partial charge in [-0.05, 0) is 43.8 Å². The normalized spacial score (nSPS) is 34.5. The van der Waals surface area contributed by atoms with Crippen LogP contribution in [0.5, 0.6) is 0 Å². The molecule has 2 saturated carbocycles. The Labute approximate surface area is 116 Å². The molecule has 2 fully saturated rings. The summed E-state index contributed by atoms with van der Waals surface area (Å²) in [6.07, 6.45) is 8.86. The number of rotatable bonds is 7. The summed E-state index contributed by atoms with van der Waals surface area (Å²) in [5.74, 6) is 2.11. The summed E-state index contributed by atoms with van der Waals surface area (Å²) >= 11 is 2.14. The molecule has 3 atom stereocenters. The zero-order chi connectivity index (χ0) is 13.0. The van der Waals surface area contributed by atoms with Crippen molar-refractivity contribution in [1.82, 2.24) is 5.32 Å². The fraction of sp³-hybridized carbons (Fsp3) is 1.00. The molecule has 18 heavy (non-hydrogen) atoms. The first-order valence-electron chi connectivity index (χ1n) is 7.67. The summed E-state index contributed by atoms with van der Waals surface area (Å²) < 4.78 is 0. The number of aliphatic hydroxyl groups excluding tert-OH is 1. The van der Waals surface area contributed by atoms with Gasteiger partial charge in [0.2, 0.25) is 0 Å². The second kappa shape index (κ2) is 6.62. The third-order valence-electron chi connectivity index (χ3n) is 4.50. The predicted octanol–water partition coefficient (Wildman–Crippen LogP) is 3.19. The molecule has 2 nitrogen and oxygen atoms in total. The Morgan fingerprint density at radius 3 is 2.78 bits per heavy atom. The first-order chi connectivity index (χ1) is 8.67. The summed E-state index contributed by atoms with van der Waals surface area (Å²) in [5.41, 5.74) is 0.0482. The van der Waals surface area contributed by atoms with E-state index in [1.54, 1.807) is 0 Å². The summed E-state index contributed by atoms with van der Waals surface area (Å²) in [6.45, 7) is 4.94. The molecular formula is C15H29NOS. The third-order valence-corrected chi connectivity index (χ3v) is 6.14. The predicted molar refractivity (Wildman–Crippen MR) is 80.1 cm³/mol. The largest absolute Gasteiger partial charge is 0.394 e.